The molecule has 0 bridgehead atoms. The number of para-hydroxylation sites is 1. The number of anilines is 1. The zero-order chi connectivity index (χ0) is 14.4. The summed E-state index contributed by atoms with van der Waals surface area (Å²) in [4.78, 5) is 10.5. The molecule has 4 heteroatoms. The minimum atomic E-state index is 0.498. The van der Waals surface area contributed by atoms with Crippen molar-refractivity contribution < 1.29 is 9.53 Å². The number of methoxy groups -OCH3 is 1. The first-order valence-corrected chi connectivity index (χ1v) is 6.41. The summed E-state index contributed by atoms with van der Waals surface area (Å²) in [7, 11) is 3.53. The van der Waals surface area contributed by atoms with Crippen molar-refractivity contribution in [1.82, 2.24) is 5.32 Å². The lowest BCUT2D eigenvalue weighted by atomic mass is 9.99. The lowest BCUT2D eigenvalue weighted by molar-refractivity contribution is -0.109. The van der Waals surface area contributed by atoms with Crippen molar-refractivity contribution in [1.29, 1.82) is 0 Å². The van der Waals surface area contributed by atoms with Gasteiger partial charge in [-0.1, -0.05) is 30.3 Å². The molecule has 0 fully saturated rings. The molecule has 0 aliphatic rings. The molecule has 2 N–H and O–H groups in total. The fourth-order valence-electron chi connectivity index (χ4n) is 2.23. The van der Waals surface area contributed by atoms with Gasteiger partial charge >= 0.3 is 0 Å². The normalized spacial score (nSPS) is 9.90. The van der Waals surface area contributed by atoms with Gasteiger partial charge in [0.25, 0.3) is 0 Å². The number of hydrogen-bond acceptors (Lipinski definition) is 3. The van der Waals surface area contributed by atoms with E-state index in [1.165, 1.54) is 0 Å². The number of amides is 1. The highest BCUT2D eigenvalue weighted by atomic mass is 16.5. The maximum atomic E-state index is 10.5. The van der Waals surface area contributed by atoms with Gasteiger partial charge in [0.15, 0.2) is 0 Å². The van der Waals surface area contributed by atoms with Gasteiger partial charge in [-0.15, -0.1) is 0 Å². The molecule has 0 aromatic heterocycles. The molecule has 1 amide bonds. The van der Waals surface area contributed by atoms with Crippen molar-refractivity contribution in [3.8, 4) is 16.9 Å². The van der Waals surface area contributed by atoms with Crippen LogP contribution < -0.4 is 15.4 Å². The molecule has 2 aromatic carbocycles. The third kappa shape index (κ3) is 2.91. The lowest BCUT2D eigenvalue weighted by Crippen LogP contribution is -2.11. The topological polar surface area (TPSA) is 50.4 Å². The molecule has 0 atom stereocenters. The van der Waals surface area contributed by atoms with Crippen LogP contribution in [0.4, 0.5) is 5.69 Å². The number of nitrogens with one attached hydrogen (secondary N) is 2. The van der Waals surface area contributed by atoms with Gasteiger partial charge in [0.1, 0.15) is 5.75 Å². The highest BCUT2D eigenvalue weighted by Crippen LogP contribution is 2.32. The molecule has 0 saturated carbocycles. The Morgan fingerprint density at radius 3 is 2.70 bits per heavy atom. The van der Waals surface area contributed by atoms with E-state index in [2.05, 4.69) is 10.6 Å². The van der Waals surface area contributed by atoms with E-state index in [4.69, 9.17) is 4.74 Å². The Balaban J connectivity index is 2.46. The van der Waals surface area contributed by atoms with Crippen LogP contribution in [-0.4, -0.2) is 20.6 Å². The second-order valence-electron chi connectivity index (χ2n) is 4.32. The first-order chi connectivity index (χ1) is 9.80. The maximum Gasteiger partial charge on any atom is 0.207 e. The first kappa shape index (κ1) is 13.9. The third-order valence-corrected chi connectivity index (χ3v) is 3.16. The van der Waals surface area contributed by atoms with Crippen LogP contribution in [0.1, 0.15) is 5.56 Å². The highest BCUT2D eigenvalue weighted by molar-refractivity contribution is 5.80. The van der Waals surface area contributed by atoms with Crippen LogP contribution in [0, 0.1) is 0 Å². The van der Waals surface area contributed by atoms with Gasteiger partial charge in [0.2, 0.25) is 6.41 Å². The fraction of sp³-hybridized carbons (Fsp3) is 0.188. The molecule has 0 unspecified atom stereocenters. The highest BCUT2D eigenvalue weighted by Gasteiger charge is 2.09. The SMILES string of the molecule is CNc1c(CNC=O)cccc1-c1cccc(OC)c1. The van der Waals surface area contributed by atoms with E-state index < -0.39 is 0 Å². The zero-order valence-corrected chi connectivity index (χ0v) is 11.6. The molecule has 0 aliphatic heterocycles. The number of benzene rings is 2. The van der Waals surface area contributed by atoms with Crippen molar-refractivity contribution in [3.05, 3.63) is 48.0 Å². The number of carbonyl (C=O) groups excluding carboxylic acids is 1. The van der Waals surface area contributed by atoms with E-state index in [0.29, 0.717) is 13.0 Å². The van der Waals surface area contributed by atoms with E-state index in [0.717, 1.165) is 28.1 Å². The molecule has 0 spiro atoms. The molecule has 104 valence electrons. The van der Waals surface area contributed by atoms with Gasteiger partial charge in [-0.25, -0.2) is 0 Å². The predicted molar refractivity (Wildman–Crippen MR) is 80.9 cm³/mol. The molecule has 0 aliphatic carbocycles. The zero-order valence-electron chi connectivity index (χ0n) is 11.6. The summed E-state index contributed by atoms with van der Waals surface area (Å²) in [6.45, 7) is 0.498. The van der Waals surface area contributed by atoms with Crippen LogP contribution in [-0.2, 0) is 11.3 Å². The van der Waals surface area contributed by atoms with Crippen molar-refractivity contribution in [3.63, 3.8) is 0 Å². The van der Waals surface area contributed by atoms with Crippen molar-refractivity contribution >= 4 is 12.1 Å². The number of rotatable bonds is 6. The van der Waals surface area contributed by atoms with Crippen LogP contribution >= 0.6 is 0 Å². The molecular formula is C16H18N2O2. The second kappa shape index (κ2) is 6.61. The van der Waals surface area contributed by atoms with Crippen molar-refractivity contribution in [2.24, 2.45) is 0 Å². The van der Waals surface area contributed by atoms with E-state index in [1.54, 1.807) is 7.11 Å². The Bertz CT molecular complexity index is 597. The van der Waals surface area contributed by atoms with Crippen LogP contribution in [0.3, 0.4) is 0 Å². The summed E-state index contributed by atoms with van der Waals surface area (Å²) in [6.07, 6.45) is 0.706. The number of carbonyl (C=O) groups is 1. The van der Waals surface area contributed by atoms with Crippen molar-refractivity contribution in [2.45, 2.75) is 6.54 Å². The molecule has 0 radical (unpaired) electrons. The molecule has 20 heavy (non-hydrogen) atoms. The molecule has 4 nitrogen and oxygen atoms in total. The van der Waals surface area contributed by atoms with Gasteiger partial charge in [-0.05, 0) is 23.3 Å². The third-order valence-electron chi connectivity index (χ3n) is 3.16. The van der Waals surface area contributed by atoms with E-state index in [1.807, 2.05) is 49.5 Å². The molecule has 2 rings (SSSR count). The Morgan fingerprint density at radius 1 is 1.20 bits per heavy atom. The average molecular weight is 270 g/mol. The smallest absolute Gasteiger partial charge is 0.207 e. The van der Waals surface area contributed by atoms with Crippen LogP contribution in [0.2, 0.25) is 0 Å². The fourth-order valence-corrected chi connectivity index (χ4v) is 2.23. The molecular weight excluding hydrogens is 252 g/mol. The maximum absolute atomic E-state index is 10.5. The molecule has 0 heterocycles. The number of hydrogen-bond donors (Lipinski definition) is 2. The first-order valence-electron chi connectivity index (χ1n) is 6.41. The van der Waals surface area contributed by atoms with Gasteiger partial charge in [-0.3, -0.25) is 4.79 Å². The Kier molecular flexibility index (Phi) is 4.60. The van der Waals surface area contributed by atoms with Crippen LogP contribution in [0.25, 0.3) is 11.1 Å². The largest absolute Gasteiger partial charge is 0.497 e. The van der Waals surface area contributed by atoms with Gasteiger partial charge in [-0.2, -0.15) is 0 Å². The quantitative estimate of drug-likeness (QED) is 0.793. The minimum absolute atomic E-state index is 0.498. The summed E-state index contributed by atoms with van der Waals surface area (Å²) in [5.41, 5.74) is 4.20. The summed E-state index contributed by atoms with van der Waals surface area (Å²) in [5, 5.41) is 5.91. The standard InChI is InChI=1S/C16H18N2O2/c1-17-16-13(10-18-11-19)6-4-8-15(16)12-5-3-7-14(9-12)20-2/h3-9,11,17H,10H2,1-2H3,(H,18,19). The van der Waals surface area contributed by atoms with Crippen LogP contribution in [0.5, 0.6) is 5.75 Å². The number of ether oxygens (including phenoxy) is 1. The predicted octanol–water partition coefficient (Wildman–Crippen LogP) is 2.65. The molecule has 2 aromatic rings. The van der Waals surface area contributed by atoms with E-state index in [-0.39, 0.29) is 0 Å². The van der Waals surface area contributed by atoms with Crippen LogP contribution in [0.15, 0.2) is 42.5 Å². The summed E-state index contributed by atoms with van der Waals surface area (Å²) < 4.78 is 5.27. The van der Waals surface area contributed by atoms with Gasteiger partial charge < -0.3 is 15.4 Å². The Labute approximate surface area is 118 Å². The van der Waals surface area contributed by atoms with E-state index >= 15 is 0 Å². The van der Waals surface area contributed by atoms with Crippen molar-refractivity contribution in [2.75, 3.05) is 19.5 Å². The minimum Gasteiger partial charge on any atom is -0.497 e. The summed E-state index contributed by atoms with van der Waals surface area (Å²) >= 11 is 0. The Hall–Kier alpha value is -2.49. The average Bonchev–Trinajstić information content (AvgIpc) is 2.52. The monoisotopic (exact) mass is 270 g/mol. The lowest BCUT2D eigenvalue weighted by Gasteiger charge is -2.15. The van der Waals surface area contributed by atoms with Gasteiger partial charge in [0.05, 0.1) is 7.11 Å². The summed E-state index contributed by atoms with van der Waals surface area (Å²) in [5.74, 6) is 0.820. The molecule has 0 saturated heterocycles. The van der Waals surface area contributed by atoms with E-state index in [9.17, 15) is 4.79 Å². The summed E-state index contributed by atoms with van der Waals surface area (Å²) in [6, 6.07) is 13.9. The Morgan fingerprint density at radius 2 is 2.00 bits per heavy atom. The van der Waals surface area contributed by atoms with Gasteiger partial charge in [0, 0.05) is 24.8 Å². The second-order valence-corrected chi connectivity index (χ2v) is 4.32.